The van der Waals surface area contributed by atoms with Crippen molar-refractivity contribution in [3.05, 3.63) is 68.4 Å². The molecule has 0 radical (unpaired) electrons. The maximum absolute atomic E-state index is 13.9. The van der Waals surface area contributed by atoms with Crippen LogP contribution in [0.3, 0.4) is 0 Å². The fraction of sp³-hybridized carbons (Fsp3) is 0.250. The van der Waals surface area contributed by atoms with Gasteiger partial charge in [0.25, 0.3) is 0 Å². The Bertz CT molecular complexity index is 615. The number of benzene rings is 2. The Labute approximate surface area is 132 Å². The molecule has 106 valence electrons. The molecule has 0 saturated heterocycles. The minimum absolute atomic E-state index is 0.0214. The second-order valence-electron chi connectivity index (χ2n) is 4.81. The van der Waals surface area contributed by atoms with Crippen LogP contribution in [0, 0.1) is 12.7 Å². The van der Waals surface area contributed by atoms with Crippen molar-refractivity contribution < 1.29 is 4.39 Å². The lowest BCUT2D eigenvalue weighted by molar-refractivity contribution is 0.554. The summed E-state index contributed by atoms with van der Waals surface area (Å²) in [4.78, 5) is 0. The predicted molar refractivity (Wildman–Crippen MR) is 85.8 cm³/mol. The van der Waals surface area contributed by atoms with Gasteiger partial charge in [0.1, 0.15) is 5.82 Å². The van der Waals surface area contributed by atoms with Gasteiger partial charge in [-0.15, -0.1) is 0 Å². The van der Waals surface area contributed by atoms with Gasteiger partial charge in [-0.2, -0.15) is 0 Å². The molecule has 0 saturated carbocycles. The minimum Gasteiger partial charge on any atom is -0.313 e. The van der Waals surface area contributed by atoms with Crippen LogP contribution in [0.1, 0.15) is 22.7 Å². The van der Waals surface area contributed by atoms with E-state index >= 15 is 0 Å². The summed E-state index contributed by atoms with van der Waals surface area (Å²) < 4.78 is 14.7. The van der Waals surface area contributed by atoms with Crippen molar-refractivity contribution in [2.75, 3.05) is 7.05 Å². The Morgan fingerprint density at radius 1 is 1.25 bits per heavy atom. The fourth-order valence-corrected chi connectivity index (χ4v) is 2.98. The molecule has 1 atom stereocenters. The molecule has 0 aliphatic carbocycles. The Morgan fingerprint density at radius 2 is 2.00 bits per heavy atom. The molecule has 0 spiro atoms. The number of hydrogen-bond donors (Lipinski definition) is 1. The van der Waals surface area contributed by atoms with Crippen molar-refractivity contribution in [3.63, 3.8) is 0 Å². The van der Waals surface area contributed by atoms with E-state index in [0.29, 0.717) is 17.0 Å². The van der Waals surface area contributed by atoms with Gasteiger partial charge in [-0.25, -0.2) is 4.39 Å². The standard InChI is InChI=1S/C16H16BrClFN/c1-10-3-5-13(14(18)7-10)16(20-2)9-11-8-12(17)4-6-15(11)19/h3-8,16,20H,9H2,1-2H3. The van der Waals surface area contributed by atoms with Gasteiger partial charge in [0.15, 0.2) is 0 Å². The zero-order chi connectivity index (χ0) is 14.7. The molecule has 1 nitrogen and oxygen atoms in total. The van der Waals surface area contributed by atoms with Crippen molar-refractivity contribution in [1.82, 2.24) is 5.32 Å². The first-order chi connectivity index (χ1) is 9.51. The topological polar surface area (TPSA) is 12.0 Å². The Hall–Kier alpha value is -0.900. The summed E-state index contributed by atoms with van der Waals surface area (Å²) in [6.45, 7) is 2.00. The van der Waals surface area contributed by atoms with E-state index in [1.165, 1.54) is 6.07 Å². The normalized spacial score (nSPS) is 12.4. The van der Waals surface area contributed by atoms with E-state index in [9.17, 15) is 4.39 Å². The number of hydrogen-bond acceptors (Lipinski definition) is 1. The van der Waals surface area contributed by atoms with Crippen molar-refractivity contribution in [2.45, 2.75) is 19.4 Å². The van der Waals surface area contributed by atoms with Crippen LogP contribution in [0.4, 0.5) is 4.39 Å². The van der Waals surface area contributed by atoms with Crippen LogP contribution in [0.15, 0.2) is 40.9 Å². The second-order valence-corrected chi connectivity index (χ2v) is 6.13. The predicted octanol–water partition coefficient (Wildman–Crippen LogP) is 5.05. The molecule has 0 heterocycles. The first-order valence-electron chi connectivity index (χ1n) is 6.38. The van der Waals surface area contributed by atoms with Crippen LogP contribution in [-0.4, -0.2) is 7.05 Å². The lowest BCUT2D eigenvalue weighted by atomic mass is 9.98. The number of nitrogens with one attached hydrogen (secondary N) is 1. The van der Waals surface area contributed by atoms with E-state index in [2.05, 4.69) is 21.2 Å². The first-order valence-corrected chi connectivity index (χ1v) is 7.55. The van der Waals surface area contributed by atoms with Gasteiger partial charge in [0, 0.05) is 15.5 Å². The molecule has 0 aromatic heterocycles. The molecule has 4 heteroatoms. The van der Waals surface area contributed by atoms with Crippen molar-refractivity contribution >= 4 is 27.5 Å². The molecule has 0 bridgehead atoms. The summed E-state index contributed by atoms with van der Waals surface area (Å²) in [5.41, 5.74) is 2.76. The number of rotatable bonds is 4. The third kappa shape index (κ3) is 3.60. The molecule has 1 unspecified atom stereocenters. The molecule has 2 aromatic carbocycles. The molecular weight excluding hydrogens is 341 g/mol. The lowest BCUT2D eigenvalue weighted by Gasteiger charge is -2.19. The summed E-state index contributed by atoms with van der Waals surface area (Å²) in [6.07, 6.45) is 0.546. The number of halogens is 3. The van der Waals surface area contributed by atoms with Crippen LogP contribution in [0.5, 0.6) is 0 Å². The molecule has 2 rings (SSSR count). The summed E-state index contributed by atoms with van der Waals surface area (Å²) in [6, 6.07) is 10.9. The Balaban J connectivity index is 2.31. The summed E-state index contributed by atoms with van der Waals surface area (Å²) >= 11 is 9.67. The van der Waals surface area contributed by atoms with Crippen LogP contribution in [0.2, 0.25) is 5.02 Å². The highest BCUT2D eigenvalue weighted by Gasteiger charge is 2.16. The molecule has 2 aromatic rings. The molecule has 0 amide bonds. The quantitative estimate of drug-likeness (QED) is 0.808. The van der Waals surface area contributed by atoms with E-state index < -0.39 is 0 Å². The Kier molecular flexibility index (Phi) is 5.19. The number of aryl methyl sites for hydroxylation is 1. The minimum atomic E-state index is -0.198. The van der Waals surface area contributed by atoms with Gasteiger partial charge in [0.2, 0.25) is 0 Å². The monoisotopic (exact) mass is 355 g/mol. The largest absolute Gasteiger partial charge is 0.313 e. The molecule has 20 heavy (non-hydrogen) atoms. The van der Waals surface area contributed by atoms with Crippen LogP contribution >= 0.6 is 27.5 Å². The van der Waals surface area contributed by atoms with Gasteiger partial charge >= 0.3 is 0 Å². The number of likely N-dealkylation sites (N-methyl/N-ethyl adjacent to an activating group) is 1. The van der Waals surface area contributed by atoms with Crippen LogP contribution in [0.25, 0.3) is 0 Å². The highest BCUT2D eigenvalue weighted by Crippen LogP contribution is 2.28. The maximum Gasteiger partial charge on any atom is 0.126 e. The van der Waals surface area contributed by atoms with Gasteiger partial charge in [-0.05, 0) is 61.3 Å². The van der Waals surface area contributed by atoms with Gasteiger partial charge in [-0.3, -0.25) is 0 Å². The fourth-order valence-electron chi connectivity index (χ4n) is 2.20. The molecule has 0 aliphatic rings. The summed E-state index contributed by atoms with van der Waals surface area (Å²) in [5, 5.41) is 3.92. The lowest BCUT2D eigenvalue weighted by Crippen LogP contribution is -2.19. The smallest absolute Gasteiger partial charge is 0.126 e. The van der Waals surface area contributed by atoms with E-state index in [-0.39, 0.29) is 11.9 Å². The summed E-state index contributed by atoms with van der Waals surface area (Å²) in [5.74, 6) is -0.198. The molecule has 0 fully saturated rings. The third-order valence-corrected chi connectivity index (χ3v) is 4.13. The zero-order valence-electron chi connectivity index (χ0n) is 11.4. The van der Waals surface area contributed by atoms with E-state index in [1.807, 2.05) is 38.2 Å². The average Bonchev–Trinajstić information content (AvgIpc) is 2.40. The van der Waals surface area contributed by atoms with E-state index in [1.54, 1.807) is 6.07 Å². The SMILES string of the molecule is CNC(Cc1cc(Br)ccc1F)c1ccc(C)cc1Cl. The van der Waals surface area contributed by atoms with Crippen molar-refractivity contribution in [2.24, 2.45) is 0 Å². The first kappa shape index (κ1) is 15.5. The van der Waals surface area contributed by atoms with Crippen LogP contribution < -0.4 is 5.32 Å². The van der Waals surface area contributed by atoms with Crippen molar-refractivity contribution in [1.29, 1.82) is 0 Å². The van der Waals surface area contributed by atoms with Gasteiger partial charge in [0.05, 0.1) is 0 Å². The average molecular weight is 357 g/mol. The highest BCUT2D eigenvalue weighted by atomic mass is 79.9. The molecular formula is C16H16BrClFN. The molecule has 0 aliphatic heterocycles. The second kappa shape index (κ2) is 6.70. The van der Waals surface area contributed by atoms with Crippen LogP contribution in [-0.2, 0) is 6.42 Å². The summed E-state index contributed by atoms with van der Waals surface area (Å²) in [7, 11) is 1.86. The van der Waals surface area contributed by atoms with Gasteiger partial charge < -0.3 is 5.32 Å². The van der Waals surface area contributed by atoms with E-state index in [0.717, 1.165) is 15.6 Å². The molecule has 1 N–H and O–H groups in total. The van der Waals surface area contributed by atoms with Gasteiger partial charge in [-0.1, -0.05) is 39.7 Å². The third-order valence-electron chi connectivity index (χ3n) is 3.31. The van der Waals surface area contributed by atoms with Crippen molar-refractivity contribution in [3.8, 4) is 0 Å². The van der Waals surface area contributed by atoms with E-state index in [4.69, 9.17) is 11.6 Å². The zero-order valence-corrected chi connectivity index (χ0v) is 13.7. The highest BCUT2D eigenvalue weighted by molar-refractivity contribution is 9.10. The maximum atomic E-state index is 13.9. The Morgan fingerprint density at radius 3 is 2.65 bits per heavy atom.